The van der Waals surface area contributed by atoms with Gasteiger partial charge in [-0.25, -0.2) is 0 Å². The van der Waals surface area contributed by atoms with E-state index in [2.05, 4.69) is 5.32 Å². The third kappa shape index (κ3) is 1.55. The molecule has 0 unspecified atom stereocenters. The molecule has 2 aliphatic rings. The van der Waals surface area contributed by atoms with E-state index in [0.717, 1.165) is 0 Å². The third-order valence-electron chi connectivity index (χ3n) is 3.53. The van der Waals surface area contributed by atoms with Crippen LogP contribution in [0.2, 0.25) is 0 Å². The number of hydrogen-bond donors (Lipinski definition) is 2. The zero-order chi connectivity index (χ0) is 8.72. The lowest BCUT2D eigenvalue weighted by atomic mass is 9.84. The van der Waals surface area contributed by atoms with Crippen LogP contribution in [0.5, 0.6) is 0 Å². The van der Waals surface area contributed by atoms with Gasteiger partial charge in [-0.1, -0.05) is 0 Å². The van der Waals surface area contributed by atoms with Crippen LogP contribution >= 0.6 is 12.4 Å². The Morgan fingerprint density at radius 2 is 2.00 bits per heavy atom. The number of nitrogens with one attached hydrogen (secondary N) is 1. The molecule has 3 nitrogen and oxygen atoms in total. The van der Waals surface area contributed by atoms with Crippen LogP contribution < -0.4 is 11.1 Å². The molecule has 2 saturated carbocycles. The fourth-order valence-electron chi connectivity index (χ4n) is 2.89. The summed E-state index contributed by atoms with van der Waals surface area (Å²) in [5.74, 6) is 1.45. The van der Waals surface area contributed by atoms with Gasteiger partial charge in [-0.05, 0) is 31.1 Å². The van der Waals surface area contributed by atoms with Crippen LogP contribution in [0.3, 0.4) is 0 Å². The molecule has 0 saturated heterocycles. The highest BCUT2D eigenvalue weighted by molar-refractivity contribution is 5.85. The second kappa shape index (κ2) is 3.84. The van der Waals surface area contributed by atoms with E-state index in [4.69, 9.17) is 5.73 Å². The Hall–Kier alpha value is -0.280. The first-order valence-electron chi connectivity index (χ1n) is 4.71. The molecule has 2 rings (SSSR count). The fourth-order valence-corrected chi connectivity index (χ4v) is 2.89. The van der Waals surface area contributed by atoms with Crippen molar-refractivity contribution in [2.45, 2.75) is 25.3 Å². The highest BCUT2D eigenvalue weighted by Gasteiger charge is 2.48. The van der Waals surface area contributed by atoms with Gasteiger partial charge >= 0.3 is 0 Å². The van der Waals surface area contributed by atoms with E-state index in [1.54, 1.807) is 7.05 Å². The van der Waals surface area contributed by atoms with Crippen LogP contribution in [-0.4, -0.2) is 19.0 Å². The quantitative estimate of drug-likeness (QED) is 0.655. The number of halogens is 1. The van der Waals surface area contributed by atoms with Crippen molar-refractivity contribution in [1.82, 2.24) is 5.32 Å². The van der Waals surface area contributed by atoms with Gasteiger partial charge in [0, 0.05) is 13.1 Å². The van der Waals surface area contributed by atoms with E-state index in [9.17, 15) is 4.79 Å². The monoisotopic (exact) mass is 204 g/mol. The van der Waals surface area contributed by atoms with Crippen molar-refractivity contribution in [3.63, 3.8) is 0 Å². The molecule has 1 amide bonds. The van der Waals surface area contributed by atoms with Crippen molar-refractivity contribution in [2.75, 3.05) is 7.05 Å². The standard InChI is InChI=1S/C9H16N2O.ClH/c1-11-9(12)7-5-2-3-6(4-5)8(7)10;/h5-8H,2-4,10H2,1H3,(H,11,12);1H/t5-,6+,7+,8-;/m1./s1. The first kappa shape index (κ1) is 10.8. The SMILES string of the molecule is CNC(=O)[C@H]1[C@@H]2CC[C@@H](C2)[C@H]1N.Cl. The summed E-state index contributed by atoms with van der Waals surface area (Å²) in [6.07, 6.45) is 3.62. The van der Waals surface area contributed by atoms with Gasteiger partial charge in [0.2, 0.25) is 5.91 Å². The lowest BCUT2D eigenvalue weighted by molar-refractivity contribution is -0.126. The second-order valence-corrected chi connectivity index (χ2v) is 4.05. The maximum absolute atomic E-state index is 11.4. The molecular weight excluding hydrogens is 188 g/mol. The molecule has 4 atom stereocenters. The molecule has 0 aromatic heterocycles. The summed E-state index contributed by atoms with van der Waals surface area (Å²) in [7, 11) is 1.70. The molecule has 2 bridgehead atoms. The van der Waals surface area contributed by atoms with Crippen molar-refractivity contribution in [1.29, 1.82) is 0 Å². The van der Waals surface area contributed by atoms with Gasteiger partial charge < -0.3 is 11.1 Å². The molecule has 76 valence electrons. The molecule has 0 aliphatic heterocycles. The summed E-state index contributed by atoms with van der Waals surface area (Å²) in [6.45, 7) is 0. The van der Waals surface area contributed by atoms with Gasteiger partial charge in [0.05, 0.1) is 5.92 Å². The number of carbonyl (C=O) groups excluding carboxylic acids is 1. The molecule has 13 heavy (non-hydrogen) atoms. The highest BCUT2D eigenvalue weighted by Crippen LogP contribution is 2.47. The van der Waals surface area contributed by atoms with Gasteiger partial charge in [-0.3, -0.25) is 4.79 Å². The normalized spacial score (nSPS) is 41.4. The van der Waals surface area contributed by atoms with Gasteiger partial charge in [0.15, 0.2) is 0 Å². The fraction of sp³-hybridized carbons (Fsp3) is 0.889. The van der Waals surface area contributed by atoms with Crippen LogP contribution in [-0.2, 0) is 4.79 Å². The second-order valence-electron chi connectivity index (χ2n) is 4.05. The molecule has 0 aromatic rings. The maximum atomic E-state index is 11.4. The van der Waals surface area contributed by atoms with Crippen molar-refractivity contribution < 1.29 is 4.79 Å². The van der Waals surface area contributed by atoms with E-state index in [0.29, 0.717) is 11.8 Å². The maximum Gasteiger partial charge on any atom is 0.224 e. The van der Waals surface area contributed by atoms with Gasteiger partial charge in [-0.2, -0.15) is 0 Å². The average Bonchev–Trinajstić information content (AvgIpc) is 2.63. The summed E-state index contributed by atoms with van der Waals surface area (Å²) in [6, 6.07) is 0.128. The zero-order valence-electron chi connectivity index (χ0n) is 7.82. The van der Waals surface area contributed by atoms with Gasteiger partial charge in [-0.15, -0.1) is 12.4 Å². The summed E-state index contributed by atoms with van der Waals surface area (Å²) in [5.41, 5.74) is 5.98. The number of rotatable bonds is 1. The minimum Gasteiger partial charge on any atom is -0.359 e. The third-order valence-corrected chi connectivity index (χ3v) is 3.53. The van der Waals surface area contributed by atoms with Crippen LogP contribution in [0.15, 0.2) is 0 Å². The summed E-state index contributed by atoms with van der Waals surface area (Å²) < 4.78 is 0. The Morgan fingerprint density at radius 1 is 1.38 bits per heavy atom. The average molecular weight is 205 g/mol. The molecule has 3 N–H and O–H groups in total. The minimum absolute atomic E-state index is 0. The smallest absolute Gasteiger partial charge is 0.224 e. The van der Waals surface area contributed by atoms with Crippen molar-refractivity contribution in [3.8, 4) is 0 Å². The van der Waals surface area contributed by atoms with E-state index in [-0.39, 0.29) is 30.3 Å². The molecule has 2 aliphatic carbocycles. The Labute approximate surface area is 84.9 Å². The molecule has 2 fully saturated rings. The number of hydrogen-bond acceptors (Lipinski definition) is 2. The first-order valence-corrected chi connectivity index (χ1v) is 4.71. The Morgan fingerprint density at radius 3 is 2.46 bits per heavy atom. The molecule has 0 spiro atoms. The largest absolute Gasteiger partial charge is 0.359 e. The Kier molecular flexibility index (Phi) is 3.19. The van der Waals surface area contributed by atoms with E-state index >= 15 is 0 Å². The minimum atomic E-state index is 0. The highest BCUT2D eigenvalue weighted by atomic mass is 35.5. The molecular formula is C9H17ClN2O. The lowest BCUT2D eigenvalue weighted by Gasteiger charge is -2.26. The zero-order valence-corrected chi connectivity index (χ0v) is 8.64. The first-order chi connectivity index (χ1) is 5.74. The summed E-state index contributed by atoms with van der Waals surface area (Å²) in [4.78, 5) is 11.4. The van der Waals surface area contributed by atoms with Crippen molar-refractivity contribution in [3.05, 3.63) is 0 Å². The topological polar surface area (TPSA) is 55.1 Å². The molecule has 0 aromatic carbocycles. The Bertz CT molecular complexity index is 208. The molecule has 4 heteroatoms. The van der Waals surface area contributed by atoms with Crippen LogP contribution in [0.1, 0.15) is 19.3 Å². The van der Waals surface area contributed by atoms with E-state index < -0.39 is 0 Å². The number of nitrogens with two attached hydrogens (primary N) is 1. The van der Waals surface area contributed by atoms with E-state index in [1.165, 1.54) is 19.3 Å². The van der Waals surface area contributed by atoms with Gasteiger partial charge in [0.1, 0.15) is 0 Å². The number of fused-ring (bicyclic) bond motifs is 2. The number of carbonyl (C=O) groups is 1. The lowest BCUT2D eigenvalue weighted by Crippen LogP contribution is -2.44. The van der Waals surface area contributed by atoms with Crippen molar-refractivity contribution >= 4 is 18.3 Å². The predicted molar refractivity (Wildman–Crippen MR) is 53.6 cm³/mol. The Balaban J connectivity index is 0.000000845. The predicted octanol–water partition coefficient (Wildman–Crippen LogP) is 0.528. The van der Waals surface area contributed by atoms with Gasteiger partial charge in [0.25, 0.3) is 0 Å². The van der Waals surface area contributed by atoms with Crippen molar-refractivity contribution in [2.24, 2.45) is 23.5 Å². The van der Waals surface area contributed by atoms with Crippen LogP contribution in [0.25, 0.3) is 0 Å². The number of amides is 1. The summed E-state index contributed by atoms with van der Waals surface area (Å²) in [5, 5.41) is 2.70. The van der Waals surface area contributed by atoms with Crippen LogP contribution in [0.4, 0.5) is 0 Å². The van der Waals surface area contributed by atoms with E-state index in [1.807, 2.05) is 0 Å². The molecule has 0 radical (unpaired) electrons. The van der Waals surface area contributed by atoms with Crippen LogP contribution in [0, 0.1) is 17.8 Å². The summed E-state index contributed by atoms with van der Waals surface area (Å²) >= 11 is 0. The molecule has 0 heterocycles.